The maximum Gasteiger partial charge on any atom is 0.411 e. The van der Waals surface area contributed by atoms with E-state index in [-0.39, 0.29) is 31.3 Å². The number of aliphatic hydroxyl groups excluding tert-OH is 1. The van der Waals surface area contributed by atoms with Crippen LogP contribution in [0, 0.1) is 5.92 Å². The molecule has 216 valence electrons. The average Bonchev–Trinajstić information content (AvgIpc) is 3.66. The summed E-state index contributed by atoms with van der Waals surface area (Å²) in [4.78, 5) is 17.2. The number of ether oxygens (including phenoxy) is 3. The minimum atomic E-state index is -0.537. The van der Waals surface area contributed by atoms with Crippen LogP contribution in [-0.4, -0.2) is 72.5 Å². The number of benzene rings is 2. The van der Waals surface area contributed by atoms with Crippen molar-refractivity contribution in [3.05, 3.63) is 77.9 Å². The predicted molar refractivity (Wildman–Crippen MR) is 155 cm³/mol. The third kappa shape index (κ3) is 7.11. The van der Waals surface area contributed by atoms with Crippen LogP contribution < -0.4 is 5.32 Å². The van der Waals surface area contributed by atoms with Gasteiger partial charge in [-0.15, -0.1) is 0 Å². The highest BCUT2D eigenvalue weighted by molar-refractivity contribution is 5.84. The van der Waals surface area contributed by atoms with E-state index >= 15 is 0 Å². The third-order valence-corrected chi connectivity index (χ3v) is 8.47. The van der Waals surface area contributed by atoms with Gasteiger partial charge in [-0.05, 0) is 68.6 Å². The van der Waals surface area contributed by atoms with E-state index in [4.69, 9.17) is 14.2 Å². The van der Waals surface area contributed by atoms with Gasteiger partial charge in [0.2, 0.25) is 0 Å². The first kappa shape index (κ1) is 28.8. The van der Waals surface area contributed by atoms with Gasteiger partial charge in [0.05, 0.1) is 18.8 Å². The molecule has 5 atom stereocenters. The Kier molecular flexibility index (Phi) is 9.88. The van der Waals surface area contributed by atoms with E-state index in [0.29, 0.717) is 11.7 Å². The van der Waals surface area contributed by atoms with Crippen molar-refractivity contribution in [3.63, 3.8) is 0 Å². The highest BCUT2D eigenvalue weighted by Crippen LogP contribution is 2.42. The molecular formula is C32H43N3O5. The molecule has 0 radical (unpaired) electrons. The lowest BCUT2D eigenvalue weighted by atomic mass is 9.90. The second kappa shape index (κ2) is 13.7. The summed E-state index contributed by atoms with van der Waals surface area (Å²) < 4.78 is 18.3. The molecule has 2 N–H and O–H groups in total. The van der Waals surface area contributed by atoms with Crippen molar-refractivity contribution in [2.24, 2.45) is 5.92 Å². The van der Waals surface area contributed by atoms with E-state index in [1.807, 2.05) is 36.4 Å². The second-order valence-corrected chi connectivity index (χ2v) is 11.3. The van der Waals surface area contributed by atoms with Crippen LogP contribution in [-0.2, 0) is 20.8 Å². The monoisotopic (exact) mass is 549 g/mol. The number of rotatable bonds is 10. The van der Waals surface area contributed by atoms with E-state index in [1.165, 1.54) is 44.8 Å². The molecule has 0 aromatic heterocycles. The number of nitrogens with zero attached hydrogens (tertiary/aromatic N) is 2. The molecule has 1 amide bonds. The SMILES string of the molecule is C=CCOC(=O)Nc1ccc([C@H]2O[C@@H](CN3CCC[C@H]3CN3CCCC3)[C@@H](C)[C@@H](c3ccc(CO)cc3)O2)cc1. The zero-order chi connectivity index (χ0) is 27.9. The quantitative estimate of drug-likeness (QED) is 0.391. The zero-order valence-corrected chi connectivity index (χ0v) is 23.5. The number of hydrogen-bond acceptors (Lipinski definition) is 7. The minimum absolute atomic E-state index is 0.00729. The lowest BCUT2D eigenvalue weighted by Gasteiger charge is -2.43. The summed E-state index contributed by atoms with van der Waals surface area (Å²) in [6.45, 7) is 11.5. The molecule has 3 fully saturated rings. The van der Waals surface area contributed by atoms with Gasteiger partial charge in [0.15, 0.2) is 6.29 Å². The maximum absolute atomic E-state index is 11.9. The van der Waals surface area contributed by atoms with Crippen LogP contribution in [0.5, 0.6) is 0 Å². The maximum atomic E-state index is 11.9. The number of amides is 1. The van der Waals surface area contributed by atoms with Crippen LogP contribution in [0.3, 0.4) is 0 Å². The Bertz CT molecular complexity index is 1100. The molecule has 3 aliphatic heterocycles. The molecule has 3 aliphatic rings. The first-order chi connectivity index (χ1) is 19.5. The number of likely N-dealkylation sites (tertiary alicyclic amines) is 2. The molecule has 8 nitrogen and oxygen atoms in total. The molecule has 8 heteroatoms. The van der Waals surface area contributed by atoms with Gasteiger partial charge in [-0.2, -0.15) is 0 Å². The van der Waals surface area contributed by atoms with Crippen molar-refractivity contribution in [3.8, 4) is 0 Å². The normalized spacial score (nSPS) is 27.5. The lowest BCUT2D eigenvalue weighted by Crippen LogP contribution is -2.48. The van der Waals surface area contributed by atoms with Gasteiger partial charge < -0.3 is 24.2 Å². The second-order valence-electron chi connectivity index (χ2n) is 11.3. The molecule has 0 saturated carbocycles. The number of carbonyl (C=O) groups excluding carboxylic acids is 1. The van der Waals surface area contributed by atoms with E-state index in [2.05, 4.69) is 40.8 Å². The number of aliphatic hydroxyl groups is 1. The van der Waals surface area contributed by atoms with Crippen LogP contribution in [0.4, 0.5) is 10.5 Å². The van der Waals surface area contributed by atoms with Crippen molar-refractivity contribution in [2.75, 3.05) is 44.6 Å². The molecule has 3 heterocycles. The molecule has 3 saturated heterocycles. The number of carbonyl (C=O) groups is 1. The fourth-order valence-electron chi connectivity index (χ4n) is 6.18. The van der Waals surface area contributed by atoms with Crippen molar-refractivity contribution < 1.29 is 24.1 Å². The van der Waals surface area contributed by atoms with Gasteiger partial charge in [-0.1, -0.05) is 56.0 Å². The Morgan fingerprint density at radius 2 is 1.75 bits per heavy atom. The Hall–Kier alpha value is -2.75. The highest BCUT2D eigenvalue weighted by atomic mass is 16.7. The van der Waals surface area contributed by atoms with Crippen molar-refractivity contribution in [1.29, 1.82) is 0 Å². The van der Waals surface area contributed by atoms with Gasteiger partial charge in [-0.3, -0.25) is 10.2 Å². The van der Waals surface area contributed by atoms with Gasteiger partial charge in [0, 0.05) is 36.3 Å². The fourth-order valence-corrected chi connectivity index (χ4v) is 6.18. The summed E-state index contributed by atoms with van der Waals surface area (Å²) in [5.41, 5.74) is 3.50. The van der Waals surface area contributed by atoms with Crippen LogP contribution in [0.25, 0.3) is 0 Å². The lowest BCUT2D eigenvalue weighted by molar-refractivity contribution is -0.276. The molecule has 5 rings (SSSR count). The molecule has 0 aliphatic carbocycles. The van der Waals surface area contributed by atoms with Gasteiger partial charge in [-0.25, -0.2) is 4.79 Å². The number of hydrogen-bond donors (Lipinski definition) is 2. The first-order valence-electron chi connectivity index (χ1n) is 14.7. The van der Waals surface area contributed by atoms with Crippen molar-refractivity contribution in [2.45, 2.75) is 63.8 Å². The Morgan fingerprint density at radius 3 is 2.45 bits per heavy atom. The molecular weight excluding hydrogens is 506 g/mol. The van der Waals surface area contributed by atoms with E-state index < -0.39 is 12.4 Å². The highest BCUT2D eigenvalue weighted by Gasteiger charge is 2.40. The third-order valence-electron chi connectivity index (χ3n) is 8.47. The van der Waals surface area contributed by atoms with E-state index in [9.17, 15) is 9.90 Å². The minimum Gasteiger partial charge on any atom is -0.445 e. The molecule has 2 aromatic carbocycles. The topological polar surface area (TPSA) is 83.5 Å². The summed E-state index contributed by atoms with van der Waals surface area (Å²) in [6, 6.07) is 16.1. The van der Waals surface area contributed by atoms with Gasteiger partial charge in [0.25, 0.3) is 0 Å². The Labute approximate surface area is 237 Å². The van der Waals surface area contributed by atoms with Crippen molar-refractivity contribution >= 4 is 11.8 Å². The standard InChI is InChI=1S/C32H43N3O5/c1-3-19-38-32(37)33-27-14-12-26(13-15-27)31-39-29(21-35-18-6-7-28(35)20-34-16-4-5-17-34)23(2)30(40-31)25-10-8-24(22-36)9-11-25/h3,8-15,23,28-31,36H,1,4-7,16-22H2,2H3,(H,33,37)/t23-,28+,29+,30+,31+/m1/s1. The number of nitrogens with one attached hydrogen (secondary N) is 1. The Morgan fingerprint density at radius 1 is 1.02 bits per heavy atom. The Balaban J connectivity index is 1.32. The summed E-state index contributed by atoms with van der Waals surface area (Å²) >= 11 is 0. The summed E-state index contributed by atoms with van der Waals surface area (Å²) in [7, 11) is 0. The van der Waals surface area contributed by atoms with Crippen molar-refractivity contribution in [1.82, 2.24) is 9.80 Å². The van der Waals surface area contributed by atoms with Crippen LogP contribution >= 0.6 is 0 Å². The van der Waals surface area contributed by atoms with E-state index in [1.54, 1.807) is 0 Å². The van der Waals surface area contributed by atoms with E-state index in [0.717, 1.165) is 36.3 Å². The average molecular weight is 550 g/mol. The molecule has 0 unspecified atom stereocenters. The van der Waals surface area contributed by atoms with Gasteiger partial charge in [0.1, 0.15) is 6.61 Å². The van der Waals surface area contributed by atoms with Gasteiger partial charge >= 0.3 is 6.09 Å². The molecule has 2 aromatic rings. The molecule has 0 bridgehead atoms. The van der Waals surface area contributed by atoms with Crippen LogP contribution in [0.15, 0.2) is 61.2 Å². The fraction of sp³-hybridized carbons (Fsp3) is 0.531. The summed E-state index contributed by atoms with van der Waals surface area (Å²) in [5.74, 6) is 0.143. The number of anilines is 1. The largest absolute Gasteiger partial charge is 0.445 e. The first-order valence-corrected chi connectivity index (χ1v) is 14.7. The zero-order valence-electron chi connectivity index (χ0n) is 23.5. The summed E-state index contributed by atoms with van der Waals surface area (Å²) in [5, 5.41) is 12.3. The molecule has 0 spiro atoms. The predicted octanol–water partition coefficient (Wildman–Crippen LogP) is 5.27. The molecule has 40 heavy (non-hydrogen) atoms. The smallest absolute Gasteiger partial charge is 0.411 e. The summed E-state index contributed by atoms with van der Waals surface area (Å²) in [6.07, 6.45) is 5.42. The van der Waals surface area contributed by atoms with Crippen LogP contribution in [0.2, 0.25) is 0 Å². The van der Waals surface area contributed by atoms with Crippen LogP contribution in [0.1, 0.15) is 61.7 Å².